The van der Waals surface area contributed by atoms with Crippen LogP contribution >= 0.6 is 0 Å². The third-order valence-electron chi connectivity index (χ3n) is 2.59. The first-order valence-corrected chi connectivity index (χ1v) is 7.07. The van der Waals surface area contributed by atoms with E-state index in [9.17, 15) is 0 Å². The Morgan fingerprint density at radius 1 is 1.10 bits per heavy atom. The number of ether oxygens (including phenoxy) is 2. The monoisotopic (exact) mass is 279 g/mol. The Bertz CT molecular complexity index is 369. The molecule has 0 aliphatic rings. The highest BCUT2D eigenvalue weighted by atomic mass is 16.5. The molecular weight excluding hydrogens is 254 g/mol. The molecule has 0 saturated carbocycles. The average molecular weight is 279 g/mol. The summed E-state index contributed by atoms with van der Waals surface area (Å²) in [5.41, 5.74) is 0. The third-order valence-corrected chi connectivity index (χ3v) is 2.59. The molecule has 5 nitrogen and oxygen atoms in total. The molecule has 1 aromatic rings. The van der Waals surface area contributed by atoms with Crippen molar-refractivity contribution in [1.82, 2.24) is 10.6 Å². The smallest absolute Gasteiger partial charge is 0.191 e. The quantitative estimate of drug-likeness (QED) is 0.410. The molecule has 0 aliphatic heterocycles. The van der Waals surface area contributed by atoms with Gasteiger partial charge in [-0.1, -0.05) is 18.2 Å². The van der Waals surface area contributed by atoms with Gasteiger partial charge in [0.25, 0.3) is 0 Å². The van der Waals surface area contributed by atoms with Crippen LogP contribution in [0.1, 0.15) is 13.3 Å². The third kappa shape index (κ3) is 7.63. The van der Waals surface area contributed by atoms with Crippen LogP contribution in [0.2, 0.25) is 0 Å². The zero-order valence-corrected chi connectivity index (χ0v) is 12.4. The molecule has 5 heteroatoms. The summed E-state index contributed by atoms with van der Waals surface area (Å²) in [5.74, 6) is 1.67. The van der Waals surface area contributed by atoms with Crippen LogP contribution < -0.4 is 15.4 Å². The Kier molecular flexibility index (Phi) is 9.06. The Morgan fingerprint density at radius 3 is 2.55 bits per heavy atom. The predicted molar refractivity (Wildman–Crippen MR) is 82.4 cm³/mol. The van der Waals surface area contributed by atoms with E-state index < -0.39 is 0 Å². The summed E-state index contributed by atoms with van der Waals surface area (Å²) in [4.78, 5) is 4.15. The second-order valence-electron chi connectivity index (χ2n) is 4.14. The van der Waals surface area contributed by atoms with E-state index in [1.54, 1.807) is 7.05 Å². The van der Waals surface area contributed by atoms with Crippen LogP contribution in [0, 0.1) is 0 Å². The molecule has 2 N–H and O–H groups in total. The van der Waals surface area contributed by atoms with E-state index in [1.807, 2.05) is 37.3 Å². The number of nitrogens with one attached hydrogen (secondary N) is 2. The topological polar surface area (TPSA) is 54.9 Å². The molecule has 0 amide bonds. The molecule has 0 radical (unpaired) electrons. The zero-order valence-electron chi connectivity index (χ0n) is 12.4. The van der Waals surface area contributed by atoms with Gasteiger partial charge < -0.3 is 20.1 Å². The molecule has 0 unspecified atom stereocenters. The maximum atomic E-state index is 5.59. The fourth-order valence-corrected chi connectivity index (χ4v) is 1.60. The van der Waals surface area contributed by atoms with Crippen molar-refractivity contribution in [3.8, 4) is 5.75 Å². The van der Waals surface area contributed by atoms with Crippen LogP contribution in [-0.2, 0) is 4.74 Å². The van der Waals surface area contributed by atoms with Gasteiger partial charge in [-0.2, -0.15) is 0 Å². The molecule has 1 rings (SSSR count). The largest absolute Gasteiger partial charge is 0.492 e. The molecule has 0 heterocycles. The van der Waals surface area contributed by atoms with Crippen LogP contribution in [0.25, 0.3) is 0 Å². The summed E-state index contributed by atoms with van der Waals surface area (Å²) in [6.45, 7) is 5.70. The lowest BCUT2D eigenvalue weighted by Crippen LogP contribution is -2.39. The van der Waals surface area contributed by atoms with E-state index in [-0.39, 0.29) is 0 Å². The number of rotatable bonds is 9. The minimum absolute atomic E-state index is 0.601. The van der Waals surface area contributed by atoms with Gasteiger partial charge in [0.15, 0.2) is 5.96 Å². The SMILES string of the molecule is CCOCCCNC(=NC)NCCOc1ccccc1. The molecule has 112 valence electrons. The van der Waals surface area contributed by atoms with Crippen molar-refractivity contribution < 1.29 is 9.47 Å². The van der Waals surface area contributed by atoms with Crippen LogP contribution in [-0.4, -0.2) is 45.9 Å². The van der Waals surface area contributed by atoms with Crippen molar-refractivity contribution >= 4 is 5.96 Å². The maximum Gasteiger partial charge on any atom is 0.191 e. The molecule has 0 saturated heterocycles. The van der Waals surface area contributed by atoms with Gasteiger partial charge in [0.05, 0.1) is 6.54 Å². The van der Waals surface area contributed by atoms with Crippen LogP contribution in [0.15, 0.2) is 35.3 Å². The van der Waals surface area contributed by atoms with Crippen molar-refractivity contribution in [2.45, 2.75) is 13.3 Å². The van der Waals surface area contributed by atoms with Crippen LogP contribution in [0.5, 0.6) is 5.75 Å². The van der Waals surface area contributed by atoms with E-state index in [4.69, 9.17) is 9.47 Å². The minimum atomic E-state index is 0.601. The lowest BCUT2D eigenvalue weighted by Gasteiger charge is -2.12. The van der Waals surface area contributed by atoms with E-state index >= 15 is 0 Å². The number of benzene rings is 1. The van der Waals surface area contributed by atoms with Gasteiger partial charge in [0, 0.05) is 26.8 Å². The second-order valence-corrected chi connectivity index (χ2v) is 4.14. The number of nitrogens with zero attached hydrogens (tertiary/aromatic N) is 1. The summed E-state index contributed by atoms with van der Waals surface area (Å²) in [7, 11) is 1.76. The molecule has 0 fully saturated rings. The Balaban J connectivity index is 2.06. The van der Waals surface area contributed by atoms with Crippen molar-refractivity contribution in [3.05, 3.63) is 30.3 Å². The van der Waals surface area contributed by atoms with E-state index in [0.29, 0.717) is 13.2 Å². The Labute approximate surface area is 121 Å². The molecule has 0 spiro atoms. The zero-order chi connectivity index (χ0) is 14.5. The van der Waals surface area contributed by atoms with Crippen molar-refractivity contribution in [2.24, 2.45) is 4.99 Å². The molecule has 0 atom stereocenters. The highest BCUT2D eigenvalue weighted by Crippen LogP contribution is 2.07. The van der Waals surface area contributed by atoms with Crippen molar-refractivity contribution in [2.75, 3.05) is 40.0 Å². The predicted octanol–water partition coefficient (Wildman–Crippen LogP) is 1.66. The highest BCUT2D eigenvalue weighted by molar-refractivity contribution is 5.79. The maximum absolute atomic E-state index is 5.59. The van der Waals surface area contributed by atoms with E-state index in [1.165, 1.54) is 0 Å². The Hall–Kier alpha value is -1.75. The number of para-hydroxylation sites is 1. The molecule has 0 aromatic heterocycles. The molecule has 0 bridgehead atoms. The number of guanidine groups is 1. The number of aliphatic imine (C=N–C) groups is 1. The molecule has 0 aliphatic carbocycles. The van der Waals surface area contributed by atoms with Gasteiger partial charge in [-0.3, -0.25) is 4.99 Å². The molecule has 1 aromatic carbocycles. The number of hydrogen-bond acceptors (Lipinski definition) is 3. The van der Waals surface area contributed by atoms with E-state index in [0.717, 1.165) is 37.9 Å². The first-order valence-electron chi connectivity index (χ1n) is 7.07. The molecular formula is C15H25N3O2. The second kappa shape index (κ2) is 11.1. The standard InChI is InChI=1S/C15H25N3O2/c1-3-19-12-7-10-17-15(16-2)18-11-13-20-14-8-5-4-6-9-14/h4-6,8-9H,3,7,10-13H2,1-2H3,(H2,16,17,18). The Morgan fingerprint density at radius 2 is 1.85 bits per heavy atom. The fourth-order valence-electron chi connectivity index (χ4n) is 1.60. The number of hydrogen-bond donors (Lipinski definition) is 2. The lowest BCUT2D eigenvalue weighted by molar-refractivity contribution is 0.145. The highest BCUT2D eigenvalue weighted by Gasteiger charge is 1.97. The van der Waals surface area contributed by atoms with Gasteiger partial charge in [-0.05, 0) is 25.5 Å². The van der Waals surface area contributed by atoms with Crippen molar-refractivity contribution in [3.63, 3.8) is 0 Å². The fraction of sp³-hybridized carbons (Fsp3) is 0.533. The van der Waals surface area contributed by atoms with Gasteiger partial charge >= 0.3 is 0 Å². The summed E-state index contributed by atoms with van der Waals surface area (Å²) >= 11 is 0. The summed E-state index contributed by atoms with van der Waals surface area (Å²) in [5, 5.41) is 6.43. The minimum Gasteiger partial charge on any atom is -0.492 e. The molecule has 20 heavy (non-hydrogen) atoms. The van der Waals surface area contributed by atoms with Gasteiger partial charge in [-0.25, -0.2) is 0 Å². The normalized spacial score (nSPS) is 11.2. The lowest BCUT2D eigenvalue weighted by atomic mass is 10.3. The first-order chi connectivity index (χ1) is 9.86. The average Bonchev–Trinajstić information content (AvgIpc) is 2.50. The van der Waals surface area contributed by atoms with Crippen LogP contribution in [0.3, 0.4) is 0 Å². The van der Waals surface area contributed by atoms with Gasteiger partial charge in [0.1, 0.15) is 12.4 Å². The summed E-state index contributed by atoms with van der Waals surface area (Å²) in [6, 6.07) is 9.78. The van der Waals surface area contributed by atoms with Gasteiger partial charge in [-0.15, -0.1) is 0 Å². The van der Waals surface area contributed by atoms with Gasteiger partial charge in [0.2, 0.25) is 0 Å². The van der Waals surface area contributed by atoms with Crippen molar-refractivity contribution in [1.29, 1.82) is 0 Å². The van der Waals surface area contributed by atoms with Crippen LogP contribution in [0.4, 0.5) is 0 Å². The summed E-state index contributed by atoms with van der Waals surface area (Å²) < 4.78 is 10.9. The van der Waals surface area contributed by atoms with E-state index in [2.05, 4.69) is 15.6 Å². The summed E-state index contributed by atoms with van der Waals surface area (Å²) in [6.07, 6.45) is 0.967. The first kappa shape index (κ1) is 16.3.